The minimum absolute atomic E-state index is 0.0480. The van der Waals surface area contributed by atoms with Crippen LogP contribution in [-0.2, 0) is 0 Å². The summed E-state index contributed by atoms with van der Waals surface area (Å²) in [5.74, 6) is -0.741. The molecule has 0 fully saturated rings. The molecule has 22 heavy (non-hydrogen) atoms. The molecule has 0 aliphatic heterocycles. The molecule has 0 spiro atoms. The number of hydrogen-bond donors (Lipinski definition) is 1. The second kappa shape index (κ2) is 5.55. The lowest BCUT2D eigenvalue weighted by molar-refractivity contribution is 0.388. The highest BCUT2D eigenvalue weighted by atomic mass is 19.1. The van der Waals surface area contributed by atoms with Crippen LogP contribution >= 0.6 is 0 Å². The molecule has 114 valence electrons. The maximum atomic E-state index is 14.0. The molecule has 3 rings (SSSR count). The van der Waals surface area contributed by atoms with E-state index < -0.39 is 17.7 Å². The molecule has 3 heterocycles. The summed E-state index contributed by atoms with van der Waals surface area (Å²) in [5, 5.41) is 6.80. The zero-order valence-electron chi connectivity index (χ0n) is 11.9. The summed E-state index contributed by atoms with van der Waals surface area (Å²) < 4.78 is 33.8. The highest BCUT2D eigenvalue weighted by Crippen LogP contribution is 2.27. The summed E-state index contributed by atoms with van der Waals surface area (Å²) >= 11 is 0. The number of fused-ring (bicyclic) bond motifs is 1. The number of methoxy groups -OCH3 is 1. The number of hydrogen-bond acceptors (Lipinski definition) is 5. The Balaban J connectivity index is 1.94. The van der Waals surface area contributed by atoms with E-state index >= 15 is 0 Å². The van der Waals surface area contributed by atoms with Gasteiger partial charge in [0, 0.05) is 11.6 Å². The average molecular weight is 305 g/mol. The zero-order valence-corrected chi connectivity index (χ0v) is 11.9. The quantitative estimate of drug-likeness (QED) is 0.802. The molecule has 0 saturated heterocycles. The Labute approximate surface area is 124 Å². The van der Waals surface area contributed by atoms with Gasteiger partial charge in [0.15, 0.2) is 17.3 Å². The van der Waals surface area contributed by atoms with E-state index in [0.29, 0.717) is 11.2 Å². The number of nitrogens with one attached hydrogen (secondary N) is 1. The Morgan fingerprint density at radius 2 is 2.18 bits per heavy atom. The Kier molecular flexibility index (Phi) is 3.58. The molecule has 0 aromatic carbocycles. The Morgan fingerprint density at radius 1 is 1.36 bits per heavy atom. The molecule has 1 atom stereocenters. The predicted octanol–water partition coefficient (Wildman–Crippen LogP) is 2.58. The van der Waals surface area contributed by atoms with E-state index in [1.165, 1.54) is 30.1 Å². The standard InChI is InChI=1S/C14H13F2N5O/c1-8(10-5-9(15)6-17-14(10)22-2)19-13-11(16)7-21-12(20-13)3-4-18-21/h3-8H,1-2H3,(H,19,20)/t8-/m1/s1. The third-order valence-corrected chi connectivity index (χ3v) is 3.20. The fourth-order valence-electron chi connectivity index (χ4n) is 2.14. The summed E-state index contributed by atoms with van der Waals surface area (Å²) in [6.45, 7) is 1.74. The van der Waals surface area contributed by atoms with Crippen LogP contribution in [0.1, 0.15) is 18.5 Å². The maximum Gasteiger partial charge on any atom is 0.218 e. The fourth-order valence-corrected chi connectivity index (χ4v) is 2.14. The van der Waals surface area contributed by atoms with Gasteiger partial charge in [-0.05, 0) is 13.0 Å². The fraction of sp³-hybridized carbons (Fsp3) is 0.214. The van der Waals surface area contributed by atoms with E-state index in [0.717, 1.165) is 6.20 Å². The Bertz CT molecular complexity index is 820. The lowest BCUT2D eigenvalue weighted by Crippen LogP contribution is -2.12. The number of rotatable bonds is 4. The Morgan fingerprint density at radius 3 is 2.95 bits per heavy atom. The summed E-state index contributed by atoms with van der Waals surface area (Å²) in [6.07, 6.45) is 3.80. The van der Waals surface area contributed by atoms with Crippen molar-refractivity contribution in [2.24, 2.45) is 0 Å². The molecule has 0 bridgehead atoms. The van der Waals surface area contributed by atoms with E-state index in [1.807, 2.05) is 0 Å². The third-order valence-electron chi connectivity index (χ3n) is 3.20. The monoisotopic (exact) mass is 305 g/mol. The molecule has 3 aromatic heterocycles. The van der Waals surface area contributed by atoms with Crippen molar-refractivity contribution in [2.45, 2.75) is 13.0 Å². The van der Waals surface area contributed by atoms with Gasteiger partial charge in [-0.3, -0.25) is 0 Å². The molecule has 3 aromatic rings. The summed E-state index contributed by atoms with van der Waals surface area (Å²) in [6, 6.07) is 2.49. The van der Waals surface area contributed by atoms with Crippen LogP contribution in [0.25, 0.3) is 5.65 Å². The van der Waals surface area contributed by atoms with Crippen LogP contribution in [0.3, 0.4) is 0 Å². The molecule has 0 aliphatic carbocycles. The first-order chi connectivity index (χ1) is 10.6. The molecule has 8 heteroatoms. The van der Waals surface area contributed by atoms with Gasteiger partial charge in [-0.2, -0.15) is 5.10 Å². The van der Waals surface area contributed by atoms with Crippen molar-refractivity contribution in [3.63, 3.8) is 0 Å². The van der Waals surface area contributed by atoms with E-state index in [2.05, 4.69) is 20.4 Å². The predicted molar refractivity (Wildman–Crippen MR) is 75.7 cm³/mol. The topological polar surface area (TPSA) is 64.3 Å². The first kappa shape index (κ1) is 14.2. The van der Waals surface area contributed by atoms with Gasteiger partial charge in [0.25, 0.3) is 0 Å². The lowest BCUT2D eigenvalue weighted by atomic mass is 10.1. The number of pyridine rings is 1. The van der Waals surface area contributed by atoms with Gasteiger partial charge in [-0.15, -0.1) is 0 Å². The summed E-state index contributed by atoms with van der Waals surface area (Å²) in [7, 11) is 1.44. The van der Waals surface area contributed by atoms with Gasteiger partial charge in [0.05, 0.1) is 31.7 Å². The van der Waals surface area contributed by atoms with Crippen LogP contribution in [-0.4, -0.2) is 26.7 Å². The smallest absolute Gasteiger partial charge is 0.218 e. The van der Waals surface area contributed by atoms with E-state index in [-0.39, 0.29) is 11.7 Å². The maximum absolute atomic E-state index is 14.0. The van der Waals surface area contributed by atoms with Crippen molar-refractivity contribution in [3.05, 3.63) is 47.9 Å². The first-order valence-electron chi connectivity index (χ1n) is 6.54. The average Bonchev–Trinajstić information content (AvgIpc) is 2.94. The molecule has 0 radical (unpaired) electrons. The van der Waals surface area contributed by atoms with Crippen LogP contribution in [0, 0.1) is 11.6 Å². The Hall–Kier alpha value is -2.77. The van der Waals surface area contributed by atoms with Crippen LogP contribution < -0.4 is 10.1 Å². The van der Waals surface area contributed by atoms with Crippen molar-refractivity contribution >= 4 is 11.5 Å². The minimum Gasteiger partial charge on any atom is -0.481 e. The van der Waals surface area contributed by atoms with Gasteiger partial charge < -0.3 is 10.1 Å². The van der Waals surface area contributed by atoms with Crippen LogP contribution in [0.5, 0.6) is 5.88 Å². The van der Waals surface area contributed by atoms with Gasteiger partial charge >= 0.3 is 0 Å². The highest BCUT2D eigenvalue weighted by molar-refractivity contribution is 5.48. The molecule has 0 saturated carbocycles. The zero-order chi connectivity index (χ0) is 15.7. The molecule has 0 amide bonds. The summed E-state index contributed by atoms with van der Waals surface area (Å²) in [5.41, 5.74) is 0.970. The number of ether oxygens (including phenoxy) is 1. The third kappa shape index (κ3) is 2.54. The molecule has 0 aliphatic rings. The van der Waals surface area contributed by atoms with Crippen molar-refractivity contribution < 1.29 is 13.5 Å². The van der Waals surface area contributed by atoms with E-state index in [4.69, 9.17) is 4.74 Å². The molecular formula is C14H13F2N5O. The second-order valence-electron chi connectivity index (χ2n) is 4.69. The van der Waals surface area contributed by atoms with Crippen molar-refractivity contribution in [3.8, 4) is 5.88 Å². The molecule has 6 nitrogen and oxygen atoms in total. The second-order valence-corrected chi connectivity index (χ2v) is 4.69. The van der Waals surface area contributed by atoms with Crippen LogP contribution in [0.15, 0.2) is 30.7 Å². The molecular weight excluding hydrogens is 292 g/mol. The number of nitrogens with zero attached hydrogens (tertiary/aromatic N) is 4. The van der Waals surface area contributed by atoms with Crippen LogP contribution in [0.4, 0.5) is 14.6 Å². The van der Waals surface area contributed by atoms with Crippen LogP contribution in [0.2, 0.25) is 0 Å². The molecule has 0 unspecified atom stereocenters. The van der Waals surface area contributed by atoms with Crippen molar-refractivity contribution in [1.29, 1.82) is 0 Å². The number of anilines is 1. The first-order valence-corrected chi connectivity index (χ1v) is 6.54. The van der Waals surface area contributed by atoms with E-state index in [9.17, 15) is 8.78 Å². The lowest BCUT2D eigenvalue weighted by Gasteiger charge is -2.17. The largest absolute Gasteiger partial charge is 0.481 e. The number of aromatic nitrogens is 4. The van der Waals surface area contributed by atoms with Crippen molar-refractivity contribution in [2.75, 3.05) is 12.4 Å². The molecule has 1 N–H and O–H groups in total. The highest BCUT2D eigenvalue weighted by Gasteiger charge is 2.17. The van der Waals surface area contributed by atoms with Crippen molar-refractivity contribution in [1.82, 2.24) is 19.6 Å². The minimum atomic E-state index is -0.564. The van der Waals surface area contributed by atoms with Gasteiger partial charge in [0.1, 0.15) is 5.82 Å². The number of halogens is 2. The normalized spacial score (nSPS) is 12.4. The van der Waals surface area contributed by atoms with Gasteiger partial charge in [0.2, 0.25) is 5.88 Å². The van der Waals surface area contributed by atoms with Gasteiger partial charge in [-0.1, -0.05) is 0 Å². The SMILES string of the molecule is COc1ncc(F)cc1[C@@H](C)Nc1nc2ccnn2cc1F. The van der Waals surface area contributed by atoms with E-state index in [1.54, 1.807) is 13.0 Å². The summed E-state index contributed by atoms with van der Waals surface area (Å²) in [4.78, 5) is 8.00. The van der Waals surface area contributed by atoms with Gasteiger partial charge in [-0.25, -0.2) is 23.3 Å².